The van der Waals surface area contributed by atoms with Crippen molar-refractivity contribution >= 4 is 35.2 Å². The minimum atomic E-state index is -0.505. The highest BCUT2D eigenvalue weighted by molar-refractivity contribution is 5.98. The van der Waals surface area contributed by atoms with Crippen molar-refractivity contribution < 1.29 is 14.4 Å². The number of primary amides is 1. The Morgan fingerprint density at radius 2 is 1.76 bits per heavy atom. The number of likely N-dealkylation sites (N-methyl/N-ethyl adjacent to an activating group) is 1. The van der Waals surface area contributed by atoms with Gasteiger partial charge in [-0.25, -0.2) is 4.98 Å². The minimum Gasteiger partial charge on any atom is -0.369 e. The van der Waals surface area contributed by atoms with Crippen LogP contribution < -0.4 is 32.3 Å². The maximum atomic E-state index is 12.7. The van der Waals surface area contributed by atoms with Gasteiger partial charge in [-0.15, -0.1) is 0 Å². The van der Waals surface area contributed by atoms with E-state index in [4.69, 9.17) is 5.73 Å². The maximum Gasteiger partial charge on any atom is 0.256 e. The van der Waals surface area contributed by atoms with Crippen molar-refractivity contribution in [1.29, 1.82) is 0 Å². The second kappa shape index (κ2) is 13.0. The molecule has 1 aromatic heterocycles. The third-order valence-corrected chi connectivity index (χ3v) is 4.77. The summed E-state index contributed by atoms with van der Waals surface area (Å²) in [5.74, 6) is -0.180. The first-order valence-corrected chi connectivity index (χ1v) is 10.9. The third kappa shape index (κ3) is 8.04. The van der Waals surface area contributed by atoms with Crippen molar-refractivity contribution in [2.75, 3.05) is 37.3 Å². The number of nitrogens with two attached hydrogens (primary N) is 1. The molecular weight excluding hydrogens is 424 g/mol. The number of carbonyl (C=O) groups excluding carboxylic acids is 3. The zero-order chi connectivity index (χ0) is 24.2. The van der Waals surface area contributed by atoms with Crippen molar-refractivity contribution in [3.8, 4) is 0 Å². The largest absolute Gasteiger partial charge is 0.369 e. The van der Waals surface area contributed by atoms with Gasteiger partial charge in [0.2, 0.25) is 17.8 Å². The van der Waals surface area contributed by atoms with E-state index in [2.05, 4.69) is 36.6 Å². The SMILES string of the molecule is CCCNc1nc(Nc2ccc(C(N)=O)cc2)ncc1C(=O)NCCCNC(=O)[C@H](C)NC. The number of nitrogens with zero attached hydrogens (tertiary/aromatic N) is 2. The highest BCUT2D eigenvalue weighted by atomic mass is 16.2. The monoisotopic (exact) mass is 456 g/mol. The lowest BCUT2D eigenvalue weighted by Crippen LogP contribution is -2.41. The van der Waals surface area contributed by atoms with Crippen LogP contribution >= 0.6 is 0 Å². The molecule has 0 saturated carbocycles. The molecule has 0 fully saturated rings. The number of carbonyl (C=O) groups is 3. The number of rotatable bonds is 13. The Bertz CT molecular complexity index is 949. The van der Waals surface area contributed by atoms with Crippen LogP contribution in [0.5, 0.6) is 0 Å². The molecule has 2 rings (SSSR count). The van der Waals surface area contributed by atoms with Gasteiger partial charge < -0.3 is 32.3 Å². The Labute approximate surface area is 193 Å². The zero-order valence-corrected chi connectivity index (χ0v) is 19.2. The lowest BCUT2D eigenvalue weighted by Gasteiger charge is -2.13. The first-order chi connectivity index (χ1) is 15.8. The first-order valence-electron chi connectivity index (χ1n) is 10.9. The molecule has 0 saturated heterocycles. The molecule has 178 valence electrons. The van der Waals surface area contributed by atoms with Gasteiger partial charge in [0.25, 0.3) is 5.91 Å². The molecule has 1 heterocycles. The molecule has 0 aliphatic heterocycles. The van der Waals surface area contributed by atoms with Crippen LogP contribution in [-0.4, -0.2) is 60.4 Å². The van der Waals surface area contributed by atoms with Gasteiger partial charge in [-0.3, -0.25) is 14.4 Å². The molecule has 1 aromatic carbocycles. The fourth-order valence-corrected chi connectivity index (χ4v) is 2.71. The van der Waals surface area contributed by atoms with Crippen LogP contribution in [0, 0.1) is 0 Å². The summed E-state index contributed by atoms with van der Waals surface area (Å²) in [6.07, 6.45) is 2.90. The fraction of sp³-hybridized carbons (Fsp3) is 0.409. The van der Waals surface area contributed by atoms with E-state index in [-0.39, 0.29) is 17.9 Å². The molecule has 1 atom stereocenters. The van der Waals surface area contributed by atoms with Gasteiger partial charge in [0.1, 0.15) is 11.4 Å². The smallest absolute Gasteiger partial charge is 0.256 e. The van der Waals surface area contributed by atoms with Crippen molar-refractivity contribution in [2.45, 2.75) is 32.7 Å². The van der Waals surface area contributed by atoms with Crippen molar-refractivity contribution in [3.05, 3.63) is 41.6 Å². The number of benzene rings is 1. The predicted molar refractivity (Wildman–Crippen MR) is 128 cm³/mol. The summed E-state index contributed by atoms with van der Waals surface area (Å²) in [4.78, 5) is 44.3. The number of hydrogen-bond donors (Lipinski definition) is 6. The normalized spacial score (nSPS) is 11.4. The number of nitrogens with one attached hydrogen (secondary N) is 5. The van der Waals surface area contributed by atoms with E-state index in [1.54, 1.807) is 38.2 Å². The number of anilines is 3. The van der Waals surface area contributed by atoms with Gasteiger partial charge in [0, 0.05) is 37.1 Å². The number of hydrogen-bond acceptors (Lipinski definition) is 8. The Kier molecular flexibility index (Phi) is 10.0. The average molecular weight is 457 g/mol. The first kappa shape index (κ1) is 25.5. The topological polar surface area (TPSA) is 163 Å². The molecule has 0 unspecified atom stereocenters. The molecule has 0 radical (unpaired) electrons. The molecule has 11 heteroatoms. The second-order valence-corrected chi connectivity index (χ2v) is 7.36. The summed E-state index contributed by atoms with van der Waals surface area (Å²) in [5.41, 5.74) is 6.66. The van der Waals surface area contributed by atoms with Gasteiger partial charge in [-0.2, -0.15) is 4.98 Å². The van der Waals surface area contributed by atoms with E-state index in [0.29, 0.717) is 54.6 Å². The number of amides is 3. The van der Waals surface area contributed by atoms with Gasteiger partial charge in [0.05, 0.1) is 6.04 Å². The van der Waals surface area contributed by atoms with Crippen molar-refractivity contribution in [1.82, 2.24) is 25.9 Å². The van der Waals surface area contributed by atoms with E-state index < -0.39 is 5.91 Å². The Morgan fingerprint density at radius 3 is 2.39 bits per heavy atom. The molecule has 0 aliphatic rings. The van der Waals surface area contributed by atoms with E-state index in [9.17, 15) is 14.4 Å². The van der Waals surface area contributed by atoms with Crippen LogP contribution in [0.1, 0.15) is 47.4 Å². The van der Waals surface area contributed by atoms with Crippen LogP contribution in [-0.2, 0) is 4.79 Å². The Morgan fingerprint density at radius 1 is 1.06 bits per heavy atom. The molecule has 2 aromatic rings. The van der Waals surface area contributed by atoms with Crippen LogP contribution in [0.3, 0.4) is 0 Å². The molecule has 3 amide bonds. The van der Waals surface area contributed by atoms with Gasteiger partial charge in [0.15, 0.2) is 0 Å². The standard InChI is InChI=1S/C22H32N8O3/c1-4-10-25-19-17(21(33)27-12-5-11-26-20(32)14(2)24-3)13-28-22(30-19)29-16-8-6-15(7-9-16)18(23)31/h6-9,13-14,24H,4-5,10-12H2,1-3H3,(H2,23,31)(H,26,32)(H,27,33)(H2,25,28,29,30)/t14-/m0/s1. The van der Waals surface area contributed by atoms with Crippen molar-refractivity contribution in [2.24, 2.45) is 5.73 Å². The predicted octanol–water partition coefficient (Wildman–Crippen LogP) is 0.985. The maximum absolute atomic E-state index is 12.7. The Hall–Kier alpha value is -3.73. The van der Waals surface area contributed by atoms with E-state index in [1.165, 1.54) is 6.20 Å². The summed E-state index contributed by atoms with van der Waals surface area (Å²) >= 11 is 0. The highest BCUT2D eigenvalue weighted by Crippen LogP contribution is 2.18. The van der Waals surface area contributed by atoms with Crippen LogP contribution in [0.15, 0.2) is 30.5 Å². The second-order valence-electron chi connectivity index (χ2n) is 7.36. The van der Waals surface area contributed by atoms with E-state index in [1.807, 2.05) is 6.92 Å². The Balaban J connectivity index is 1.98. The average Bonchev–Trinajstić information content (AvgIpc) is 2.82. The number of aromatic nitrogens is 2. The van der Waals surface area contributed by atoms with Crippen LogP contribution in [0.4, 0.5) is 17.5 Å². The van der Waals surface area contributed by atoms with Gasteiger partial charge in [-0.1, -0.05) is 6.92 Å². The highest BCUT2D eigenvalue weighted by Gasteiger charge is 2.15. The summed E-state index contributed by atoms with van der Waals surface area (Å²) < 4.78 is 0. The van der Waals surface area contributed by atoms with Gasteiger partial charge >= 0.3 is 0 Å². The lowest BCUT2D eigenvalue weighted by atomic mass is 10.2. The summed E-state index contributed by atoms with van der Waals surface area (Å²) in [6.45, 7) is 5.28. The van der Waals surface area contributed by atoms with Crippen LogP contribution in [0.2, 0.25) is 0 Å². The quantitative estimate of drug-likeness (QED) is 0.243. The summed E-state index contributed by atoms with van der Waals surface area (Å²) in [7, 11) is 1.72. The summed E-state index contributed by atoms with van der Waals surface area (Å²) in [6, 6.07) is 6.32. The molecule has 0 spiro atoms. The van der Waals surface area contributed by atoms with Crippen LogP contribution in [0.25, 0.3) is 0 Å². The minimum absolute atomic E-state index is 0.0874. The molecule has 0 aliphatic carbocycles. The van der Waals surface area contributed by atoms with Gasteiger partial charge in [-0.05, 0) is 51.1 Å². The van der Waals surface area contributed by atoms with Crippen molar-refractivity contribution in [3.63, 3.8) is 0 Å². The molecule has 33 heavy (non-hydrogen) atoms. The fourth-order valence-electron chi connectivity index (χ4n) is 2.71. The summed E-state index contributed by atoms with van der Waals surface area (Å²) in [5, 5.41) is 14.7. The third-order valence-electron chi connectivity index (χ3n) is 4.77. The molecule has 7 N–H and O–H groups in total. The lowest BCUT2D eigenvalue weighted by molar-refractivity contribution is -0.122. The molecule has 0 bridgehead atoms. The molecular formula is C22H32N8O3. The van der Waals surface area contributed by atoms with E-state index >= 15 is 0 Å². The van der Waals surface area contributed by atoms with E-state index in [0.717, 1.165) is 6.42 Å². The molecule has 11 nitrogen and oxygen atoms in total. The zero-order valence-electron chi connectivity index (χ0n) is 19.2.